The summed E-state index contributed by atoms with van der Waals surface area (Å²) in [6.45, 7) is 10.1. The molecule has 0 aromatic carbocycles. The highest BCUT2D eigenvalue weighted by atomic mass is 16.5. The van der Waals surface area contributed by atoms with E-state index in [1.165, 1.54) is 0 Å². The first-order valence-electron chi connectivity index (χ1n) is 5.47. The molecule has 1 saturated heterocycles. The average Bonchev–Trinajstić information content (AvgIpc) is 2.12. The monoisotopic (exact) mass is 214 g/mol. The van der Waals surface area contributed by atoms with Crippen LogP contribution in [0.5, 0.6) is 0 Å². The van der Waals surface area contributed by atoms with E-state index in [2.05, 4.69) is 25.7 Å². The molecule has 88 valence electrons. The summed E-state index contributed by atoms with van der Waals surface area (Å²) in [4.78, 5) is 16.0. The molecule has 0 aliphatic carbocycles. The third-order valence-corrected chi connectivity index (χ3v) is 2.72. The van der Waals surface area contributed by atoms with Crippen molar-refractivity contribution in [1.29, 1.82) is 0 Å². The van der Waals surface area contributed by atoms with Crippen LogP contribution in [0.1, 0.15) is 20.8 Å². The number of carbonyl (C=O) groups excluding carboxylic acids is 1. The van der Waals surface area contributed by atoms with Crippen LogP contribution in [0.3, 0.4) is 0 Å². The highest BCUT2D eigenvalue weighted by Gasteiger charge is 2.31. The van der Waals surface area contributed by atoms with Crippen LogP contribution in [0.25, 0.3) is 0 Å². The minimum atomic E-state index is -0.0512. The normalized spacial score (nSPS) is 19.7. The first-order chi connectivity index (χ1) is 6.95. The molecule has 4 heteroatoms. The van der Waals surface area contributed by atoms with Crippen molar-refractivity contribution in [2.24, 2.45) is 0 Å². The second-order valence-corrected chi connectivity index (χ2v) is 4.99. The van der Waals surface area contributed by atoms with Gasteiger partial charge in [-0.2, -0.15) is 0 Å². The maximum atomic E-state index is 11.9. The number of methoxy groups -OCH3 is 1. The summed E-state index contributed by atoms with van der Waals surface area (Å²) in [5.41, 5.74) is -0.0512. The molecule has 0 bridgehead atoms. The minimum Gasteiger partial charge on any atom is -0.383 e. The molecule has 0 aromatic heterocycles. The van der Waals surface area contributed by atoms with Gasteiger partial charge in [-0.15, -0.1) is 0 Å². The largest absolute Gasteiger partial charge is 0.383 e. The Hall–Kier alpha value is -0.610. The van der Waals surface area contributed by atoms with Crippen molar-refractivity contribution in [2.45, 2.75) is 26.3 Å². The van der Waals surface area contributed by atoms with Crippen LogP contribution in [0.4, 0.5) is 0 Å². The van der Waals surface area contributed by atoms with Crippen LogP contribution >= 0.6 is 0 Å². The van der Waals surface area contributed by atoms with Gasteiger partial charge in [0.2, 0.25) is 5.91 Å². The maximum absolute atomic E-state index is 11.9. The second kappa shape index (κ2) is 4.94. The Kier molecular flexibility index (Phi) is 4.11. The number of hydrogen-bond acceptors (Lipinski definition) is 3. The molecule has 1 heterocycles. The van der Waals surface area contributed by atoms with Crippen LogP contribution in [0, 0.1) is 0 Å². The molecule has 4 nitrogen and oxygen atoms in total. The van der Waals surface area contributed by atoms with Gasteiger partial charge < -0.3 is 9.64 Å². The molecule has 0 atom stereocenters. The van der Waals surface area contributed by atoms with Crippen LogP contribution in [-0.2, 0) is 9.53 Å². The molecule has 1 rings (SSSR count). The molecular formula is C11H22N2O2. The van der Waals surface area contributed by atoms with E-state index >= 15 is 0 Å². The van der Waals surface area contributed by atoms with E-state index in [1.54, 1.807) is 7.11 Å². The topological polar surface area (TPSA) is 32.8 Å². The summed E-state index contributed by atoms with van der Waals surface area (Å²) in [5, 5.41) is 0. The van der Waals surface area contributed by atoms with Crippen molar-refractivity contribution in [1.82, 2.24) is 9.80 Å². The summed E-state index contributed by atoms with van der Waals surface area (Å²) in [6.07, 6.45) is 0. The molecule has 0 radical (unpaired) electrons. The molecule has 1 amide bonds. The number of carbonyl (C=O) groups is 1. The van der Waals surface area contributed by atoms with Gasteiger partial charge in [0.25, 0.3) is 0 Å². The number of ether oxygens (including phenoxy) is 1. The highest BCUT2D eigenvalue weighted by molar-refractivity contribution is 5.79. The Morgan fingerprint density at radius 3 is 2.47 bits per heavy atom. The molecule has 1 fully saturated rings. The smallest absolute Gasteiger partial charge is 0.237 e. The number of rotatable bonds is 3. The summed E-state index contributed by atoms with van der Waals surface area (Å²) in [5.74, 6) is 0.227. The molecular weight excluding hydrogens is 192 g/mol. The average molecular weight is 214 g/mol. The Morgan fingerprint density at radius 1 is 1.33 bits per heavy atom. The lowest BCUT2D eigenvalue weighted by atomic mass is 10.0. The van der Waals surface area contributed by atoms with Gasteiger partial charge in [-0.05, 0) is 20.8 Å². The minimum absolute atomic E-state index is 0.0512. The lowest BCUT2D eigenvalue weighted by Crippen LogP contribution is -2.57. The van der Waals surface area contributed by atoms with Crippen molar-refractivity contribution in [3.8, 4) is 0 Å². The third kappa shape index (κ3) is 3.47. The summed E-state index contributed by atoms with van der Waals surface area (Å²) >= 11 is 0. The predicted octanol–water partition coefficient (Wildman–Crippen LogP) is 0.575. The van der Waals surface area contributed by atoms with Crippen LogP contribution < -0.4 is 0 Å². The van der Waals surface area contributed by atoms with Crippen LogP contribution in [-0.4, -0.2) is 61.1 Å². The third-order valence-electron chi connectivity index (χ3n) is 2.72. The van der Waals surface area contributed by atoms with Gasteiger partial charge in [0.15, 0.2) is 0 Å². The zero-order valence-corrected chi connectivity index (χ0v) is 10.2. The zero-order chi connectivity index (χ0) is 11.5. The van der Waals surface area contributed by atoms with Gasteiger partial charge >= 0.3 is 0 Å². The molecule has 0 spiro atoms. The van der Waals surface area contributed by atoms with Gasteiger partial charge in [0.1, 0.15) is 0 Å². The van der Waals surface area contributed by atoms with Crippen molar-refractivity contribution < 1.29 is 9.53 Å². The molecule has 1 aliphatic heterocycles. The van der Waals surface area contributed by atoms with Crippen molar-refractivity contribution in [3.63, 3.8) is 0 Å². The predicted molar refractivity (Wildman–Crippen MR) is 59.8 cm³/mol. The first kappa shape index (κ1) is 12.5. The number of amides is 1. The Bertz CT molecular complexity index is 223. The lowest BCUT2D eigenvalue weighted by Gasteiger charge is -2.42. The van der Waals surface area contributed by atoms with Crippen molar-refractivity contribution >= 4 is 5.91 Å². The van der Waals surface area contributed by atoms with E-state index in [4.69, 9.17) is 4.74 Å². The fourth-order valence-corrected chi connectivity index (χ4v) is 1.84. The Labute approximate surface area is 92.2 Å². The van der Waals surface area contributed by atoms with E-state index in [0.717, 1.165) is 19.6 Å². The van der Waals surface area contributed by atoms with E-state index in [-0.39, 0.29) is 11.4 Å². The molecule has 0 aromatic rings. The van der Waals surface area contributed by atoms with E-state index in [0.29, 0.717) is 13.2 Å². The van der Waals surface area contributed by atoms with Crippen molar-refractivity contribution in [2.75, 3.05) is 39.9 Å². The molecule has 1 aliphatic rings. The fourth-order valence-electron chi connectivity index (χ4n) is 1.84. The summed E-state index contributed by atoms with van der Waals surface area (Å²) in [7, 11) is 1.69. The fraction of sp³-hybridized carbons (Fsp3) is 0.909. The van der Waals surface area contributed by atoms with Gasteiger partial charge in [-0.25, -0.2) is 0 Å². The standard InChI is InChI=1S/C11H22N2O2/c1-11(2,3)13-6-5-12(7-8-15-4)9-10(13)14/h5-9H2,1-4H3. The summed E-state index contributed by atoms with van der Waals surface area (Å²) in [6, 6.07) is 0. The lowest BCUT2D eigenvalue weighted by molar-refractivity contribution is -0.141. The Balaban J connectivity index is 2.45. The zero-order valence-electron chi connectivity index (χ0n) is 10.2. The van der Waals surface area contributed by atoms with Gasteiger partial charge in [-0.3, -0.25) is 9.69 Å². The highest BCUT2D eigenvalue weighted by Crippen LogP contribution is 2.16. The van der Waals surface area contributed by atoms with E-state index in [9.17, 15) is 4.79 Å². The molecule has 15 heavy (non-hydrogen) atoms. The van der Waals surface area contributed by atoms with E-state index < -0.39 is 0 Å². The maximum Gasteiger partial charge on any atom is 0.237 e. The molecule has 0 N–H and O–H groups in total. The summed E-state index contributed by atoms with van der Waals surface area (Å²) < 4.78 is 5.01. The van der Waals surface area contributed by atoms with Crippen LogP contribution in [0.2, 0.25) is 0 Å². The van der Waals surface area contributed by atoms with E-state index in [1.807, 2.05) is 4.90 Å². The first-order valence-corrected chi connectivity index (χ1v) is 5.47. The van der Waals surface area contributed by atoms with Gasteiger partial charge in [0.05, 0.1) is 13.2 Å². The number of nitrogens with zero attached hydrogens (tertiary/aromatic N) is 2. The molecule has 0 saturated carbocycles. The quantitative estimate of drug-likeness (QED) is 0.689. The Morgan fingerprint density at radius 2 is 2.00 bits per heavy atom. The number of piperazine rings is 1. The van der Waals surface area contributed by atoms with Crippen LogP contribution in [0.15, 0.2) is 0 Å². The SMILES string of the molecule is COCCN1CCN(C(C)(C)C)C(=O)C1. The van der Waals surface area contributed by atoms with Gasteiger partial charge in [0, 0.05) is 32.3 Å². The molecule has 0 unspecified atom stereocenters. The van der Waals surface area contributed by atoms with Gasteiger partial charge in [-0.1, -0.05) is 0 Å². The second-order valence-electron chi connectivity index (χ2n) is 4.99. The number of hydrogen-bond donors (Lipinski definition) is 0. The van der Waals surface area contributed by atoms with Crippen molar-refractivity contribution in [3.05, 3.63) is 0 Å².